The zero-order chi connectivity index (χ0) is 20.9. The predicted molar refractivity (Wildman–Crippen MR) is 95.1 cm³/mol. The van der Waals surface area contributed by atoms with Gasteiger partial charge < -0.3 is 24.3 Å². The number of carbonyl (C=O) groups is 1. The van der Waals surface area contributed by atoms with Gasteiger partial charge in [0, 0.05) is 5.56 Å². The molecule has 9 heteroatoms. The van der Waals surface area contributed by atoms with Crippen LogP contribution in [0.25, 0.3) is 0 Å². The van der Waals surface area contributed by atoms with E-state index in [1.54, 1.807) is 24.3 Å². The number of para-hydroxylation sites is 1. The van der Waals surface area contributed by atoms with E-state index in [0.29, 0.717) is 11.3 Å². The molecule has 2 rings (SSSR count). The number of rotatable bonds is 7. The summed E-state index contributed by atoms with van der Waals surface area (Å²) < 4.78 is 59.8. The normalized spacial score (nSPS) is 12.1. The Morgan fingerprint density at radius 1 is 0.893 bits per heavy atom. The number of alkyl halides is 3. The van der Waals surface area contributed by atoms with Crippen LogP contribution in [0.2, 0.25) is 0 Å². The molecule has 2 aromatic carbocycles. The van der Waals surface area contributed by atoms with E-state index in [-0.39, 0.29) is 22.8 Å². The molecule has 0 aliphatic heterocycles. The lowest BCUT2D eigenvalue weighted by Gasteiger charge is -2.24. The largest absolute Gasteiger partial charge is 0.496 e. The van der Waals surface area contributed by atoms with Crippen molar-refractivity contribution in [1.82, 2.24) is 5.32 Å². The Bertz CT molecular complexity index is 814. The molecule has 1 N–H and O–H groups in total. The minimum atomic E-state index is -5.05. The van der Waals surface area contributed by atoms with Gasteiger partial charge >= 0.3 is 12.1 Å². The molecular formula is C19H20F3NO5. The first-order chi connectivity index (χ1) is 13.3. The van der Waals surface area contributed by atoms with Crippen LogP contribution in [0.5, 0.6) is 23.0 Å². The molecule has 0 aliphatic carbocycles. The summed E-state index contributed by atoms with van der Waals surface area (Å²) in [6, 6.07) is 8.19. The fourth-order valence-corrected chi connectivity index (χ4v) is 2.73. The van der Waals surface area contributed by atoms with Gasteiger partial charge in [-0.05, 0) is 23.8 Å². The molecule has 0 bridgehead atoms. The average molecular weight is 399 g/mol. The average Bonchev–Trinajstić information content (AvgIpc) is 2.69. The highest BCUT2D eigenvalue weighted by molar-refractivity contribution is 5.82. The van der Waals surface area contributed by atoms with Crippen molar-refractivity contribution in [1.29, 1.82) is 0 Å². The van der Waals surface area contributed by atoms with Crippen molar-refractivity contribution in [2.24, 2.45) is 0 Å². The molecule has 1 amide bonds. The van der Waals surface area contributed by atoms with Crippen LogP contribution in [-0.2, 0) is 4.79 Å². The van der Waals surface area contributed by atoms with Gasteiger partial charge in [0.15, 0.2) is 11.5 Å². The topological polar surface area (TPSA) is 66.0 Å². The van der Waals surface area contributed by atoms with E-state index in [1.807, 2.05) is 5.32 Å². The molecule has 0 aromatic heterocycles. The molecule has 0 heterocycles. The summed E-state index contributed by atoms with van der Waals surface area (Å²) in [7, 11) is 5.56. The van der Waals surface area contributed by atoms with Crippen LogP contribution in [0.15, 0.2) is 36.4 Å². The van der Waals surface area contributed by atoms with Gasteiger partial charge in [-0.2, -0.15) is 13.2 Å². The van der Waals surface area contributed by atoms with Gasteiger partial charge in [0.2, 0.25) is 5.75 Å². The zero-order valence-corrected chi connectivity index (χ0v) is 15.7. The molecule has 0 spiro atoms. The Morgan fingerprint density at radius 3 is 1.89 bits per heavy atom. The lowest BCUT2D eigenvalue weighted by molar-refractivity contribution is -0.174. The molecule has 152 valence electrons. The third kappa shape index (κ3) is 4.41. The molecule has 2 aromatic rings. The van der Waals surface area contributed by atoms with Crippen LogP contribution in [0.1, 0.15) is 17.2 Å². The summed E-state index contributed by atoms with van der Waals surface area (Å²) in [4.78, 5) is 11.7. The van der Waals surface area contributed by atoms with Gasteiger partial charge in [0.25, 0.3) is 0 Å². The fourth-order valence-electron chi connectivity index (χ4n) is 2.73. The van der Waals surface area contributed by atoms with Crippen molar-refractivity contribution >= 4 is 5.91 Å². The number of carbonyl (C=O) groups excluding carboxylic acids is 1. The Hall–Kier alpha value is -3.10. The van der Waals surface area contributed by atoms with E-state index in [9.17, 15) is 18.0 Å². The first-order valence-corrected chi connectivity index (χ1v) is 8.07. The van der Waals surface area contributed by atoms with Crippen LogP contribution in [-0.4, -0.2) is 40.5 Å². The van der Waals surface area contributed by atoms with Crippen molar-refractivity contribution < 1.29 is 36.9 Å². The van der Waals surface area contributed by atoms with Gasteiger partial charge in [-0.15, -0.1) is 0 Å². The molecule has 0 fully saturated rings. The number of hydrogen-bond donors (Lipinski definition) is 1. The summed E-state index contributed by atoms with van der Waals surface area (Å²) in [5.74, 6) is -1.04. The van der Waals surface area contributed by atoms with Gasteiger partial charge in [-0.3, -0.25) is 4.79 Å². The molecule has 0 aliphatic rings. The minimum Gasteiger partial charge on any atom is -0.496 e. The summed E-state index contributed by atoms with van der Waals surface area (Å²) in [5.41, 5.74) is 0.619. The smallest absolute Gasteiger partial charge is 0.471 e. The Morgan fingerprint density at radius 2 is 1.43 bits per heavy atom. The molecule has 0 radical (unpaired) electrons. The summed E-state index contributed by atoms with van der Waals surface area (Å²) in [6.07, 6.45) is -5.05. The Balaban J connectivity index is 2.66. The van der Waals surface area contributed by atoms with Crippen LogP contribution in [0, 0.1) is 0 Å². The second-order valence-corrected chi connectivity index (χ2v) is 5.60. The molecular weight excluding hydrogens is 379 g/mol. The molecule has 1 atom stereocenters. The SMILES string of the molecule is COc1ccccc1C(NC(=O)C(F)(F)F)c1cc(OC)c(OC)c(OC)c1. The first kappa shape index (κ1) is 21.2. The third-order valence-corrected chi connectivity index (χ3v) is 4.00. The maximum absolute atomic E-state index is 12.9. The predicted octanol–water partition coefficient (Wildman–Crippen LogP) is 3.49. The van der Waals surface area contributed by atoms with Crippen molar-refractivity contribution in [3.8, 4) is 23.0 Å². The van der Waals surface area contributed by atoms with E-state index in [0.717, 1.165) is 0 Å². The lowest BCUT2D eigenvalue weighted by Crippen LogP contribution is -2.39. The van der Waals surface area contributed by atoms with Gasteiger partial charge in [0.05, 0.1) is 34.5 Å². The Labute approximate surface area is 160 Å². The third-order valence-electron chi connectivity index (χ3n) is 4.00. The van der Waals surface area contributed by atoms with Crippen molar-refractivity contribution in [2.75, 3.05) is 28.4 Å². The van der Waals surface area contributed by atoms with E-state index in [2.05, 4.69) is 0 Å². The van der Waals surface area contributed by atoms with Crippen molar-refractivity contribution in [3.05, 3.63) is 47.5 Å². The fraction of sp³-hybridized carbons (Fsp3) is 0.316. The second kappa shape index (κ2) is 8.73. The van der Waals surface area contributed by atoms with Crippen LogP contribution < -0.4 is 24.3 Å². The lowest BCUT2D eigenvalue weighted by atomic mass is 9.96. The molecule has 0 saturated heterocycles. The molecule has 0 saturated carbocycles. The van der Waals surface area contributed by atoms with E-state index in [1.165, 1.54) is 40.6 Å². The maximum atomic E-state index is 12.9. The van der Waals surface area contributed by atoms with Gasteiger partial charge in [-0.1, -0.05) is 18.2 Å². The van der Waals surface area contributed by atoms with E-state index in [4.69, 9.17) is 18.9 Å². The number of halogens is 3. The second-order valence-electron chi connectivity index (χ2n) is 5.60. The quantitative estimate of drug-likeness (QED) is 0.772. The zero-order valence-electron chi connectivity index (χ0n) is 15.7. The standard InChI is InChI=1S/C19H20F3NO5/c1-25-13-8-6-5-7-12(13)16(23-18(24)19(20,21)22)11-9-14(26-2)17(28-4)15(10-11)27-3/h5-10,16H,1-4H3,(H,23,24). The van der Waals surface area contributed by atoms with Gasteiger partial charge in [-0.25, -0.2) is 0 Å². The highest BCUT2D eigenvalue weighted by atomic mass is 19.4. The van der Waals surface area contributed by atoms with Crippen LogP contribution >= 0.6 is 0 Å². The highest BCUT2D eigenvalue weighted by Gasteiger charge is 2.40. The number of nitrogens with one attached hydrogen (secondary N) is 1. The Kier molecular flexibility index (Phi) is 6.61. The summed E-state index contributed by atoms with van der Waals surface area (Å²) in [5, 5.41) is 2.01. The van der Waals surface area contributed by atoms with Crippen molar-refractivity contribution in [2.45, 2.75) is 12.2 Å². The molecule has 6 nitrogen and oxygen atoms in total. The summed E-state index contributed by atoms with van der Waals surface area (Å²) in [6.45, 7) is 0. The van der Waals surface area contributed by atoms with Gasteiger partial charge in [0.1, 0.15) is 5.75 Å². The number of benzene rings is 2. The van der Waals surface area contributed by atoms with E-state index >= 15 is 0 Å². The van der Waals surface area contributed by atoms with Crippen molar-refractivity contribution in [3.63, 3.8) is 0 Å². The summed E-state index contributed by atoms with van der Waals surface area (Å²) >= 11 is 0. The number of ether oxygens (including phenoxy) is 4. The number of amides is 1. The number of methoxy groups -OCH3 is 4. The maximum Gasteiger partial charge on any atom is 0.471 e. The molecule has 1 unspecified atom stereocenters. The first-order valence-electron chi connectivity index (χ1n) is 8.07. The van der Waals surface area contributed by atoms with E-state index < -0.39 is 18.1 Å². The number of hydrogen-bond acceptors (Lipinski definition) is 5. The highest BCUT2D eigenvalue weighted by Crippen LogP contribution is 2.42. The monoisotopic (exact) mass is 399 g/mol. The molecule has 28 heavy (non-hydrogen) atoms. The van der Waals surface area contributed by atoms with Crippen LogP contribution in [0.3, 0.4) is 0 Å². The van der Waals surface area contributed by atoms with Crippen LogP contribution in [0.4, 0.5) is 13.2 Å². The minimum absolute atomic E-state index is 0.234.